The van der Waals surface area contributed by atoms with Gasteiger partial charge in [0.1, 0.15) is 17.6 Å². The Morgan fingerprint density at radius 1 is 1.23 bits per heavy atom. The lowest BCUT2D eigenvalue weighted by Crippen LogP contribution is -2.41. The summed E-state index contributed by atoms with van der Waals surface area (Å²) in [7, 11) is 0. The van der Waals surface area contributed by atoms with E-state index in [0.29, 0.717) is 11.4 Å². The average molecular weight is 422 g/mol. The predicted octanol–water partition coefficient (Wildman–Crippen LogP) is 1.66. The first kappa shape index (κ1) is 20.4. The number of nitrogens with zero attached hydrogens (tertiary/aromatic N) is 8. The number of hydrogen-bond donors (Lipinski definition) is 0. The number of hydrogen-bond acceptors (Lipinski definition) is 8. The van der Waals surface area contributed by atoms with E-state index in [-0.39, 0.29) is 48.9 Å². The van der Waals surface area contributed by atoms with Crippen LogP contribution in [0.5, 0.6) is 0 Å². The molecule has 4 rings (SSSR count). The molecule has 11 heteroatoms. The van der Waals surface area contributed by atoms with Gasteiger partial charge in [-0.1, -0.05) is 0 Å². The predicted molar refractivity (Wildman–Crippen MR) is 107 cm³/mol. The molecule has 1 atom stereocenters. The van der Waals surface area contributed by atoms with E-state index < -0.39 is 5.82 Å². The Bertz CT molecular complexity index is 1140. The number of amides is 1. The Morgan fingerprint density at radius 2 is 2.00 bits per heavy atom. The minimum atomic E-state index is -0.531. The lowest BCUT2D eigenvalue weighted by Gasteiger charge is -2.26. The number of nitriles is 1. The molecule has 0 aliphatic carbocycles. The summed E-state index contributed by atoms with van der Waals surface area (Å²) in [6.45, 7) is 4.33. The van der Waals surface area contributed by atoms with E-state index in [1.54, 1.807) is 17.9 Å². The van der Waals surface area contributed by atoms with Crippen LogP contribution in [-0.2, 0) is 4.84 Å². The Balaban J connectivity index is 1.61. The van der Waals surface area contributed by atoms with E-state index in [2.05, 4.69) is 20.2 Å². The van der Waals surface area contributed by atoms with Crippen LogP contribution in [0.4, 0.5) is 10.3 Å². The minimum Gasteiger partial charge on any atom is -0.332 e. The van der Waals surface area contributed by atoms with Crippen LogP contribution in [-0.4, -0.2) is 61.5 Å². The van der Waals surface area contributed by atoms with Crippen LogP contribution in [0.1, 0.15) is 28.7 Å². The number of carbonyl (C=O) groups excluding carboxylic acids is 1. The fraction of sp³-hybridized carbons (Fsp3) is 0.300. The second-order valence-electron chi connectivity index (χ2n) is 7.03. The zero-order chi connectivity index (χ0) is 22.0. The van der Waals surface area contributed by atoms with Gasteiger partial charge in [-0.3, -0.25) is 9.63 Å². The molecule has 0 radical (unpaired) electrons. The number of anilines is 1. The summed E-state index contributed by atoms with van der Waals surface area (Å²) in [5.41, 5.74) is 1.39. The number of hydroxylamine groups is 1. The van der Waals surface area contributed by atoms with Gasteiger partial charge in [0.15, 0.2) is 0 Å². The molecule has 3 aromatic rings. The van der Waals surface area contributed by atoms with Gasteiger partial charge in [0, 0.05) is 12.2 Å². The van der Waals surface area contributed by atoms with E-state index >= 15 is 0 Å². The standard InChI is InChI=1S/C20H19FN8O2/c1-13-9-16(11-22)26-20(25-13)28-8-7-27(14(2)12-31-28)19(30)17-10-15(21)3-4-18(17)29-23-5-6-24-29/h3-6,9-10,14H,7-8,12H2,1-2H3/t14-/m1/s1. The van der Waals surface area contributed by atoms with Crippen molar-refractivity contribution in [2.75, 3.05) is 24.8 Å². The van der Waals surface area contributed by atoms with Crippen molar-refractivity contribution < 1.29 is 14.0 Å². The average Bonchev–Trinajstić information content (AvgIpc) is 3.22. The van der Waals surface area contributed by atoms with E-state index in [4.69, 9.17) is 10.1 Å². The summed E-state index contributed by atoms with van der Waals surface area (Å²) < 4.78 is 14.0. The van der Waals surface area contributed by atoms with Gasteiger partial charge in [0.2, 0.25) is 0 Å². The summed E-state index contributed by atoms with van der Waals surface area (Å²) in [4.78, 5) is 30.6. The van der Waals surface area contributed by atoms with Gasteiger partial charge in [-0.25, -0.2) is 19.4 Å². The molecule has 1 aliphatic rings. The molecular weight excluding hydrogens is 403 g/mol. The smallest absolute Gasteiger partial charge is 0.256 e. The van der Waals surface area contributed by atoms with Crippen LogP contribution >= 0.6 is 0 Å². The highest BCUT2D eigenvalue weighted by molar-refractivity contribution is 5.98. The number of aryl methyl sites for hydroxylation is 1. The van der Waals surface area contributed by atoms with Crippen LogP contribution < -0.4 is 5.06 Å². The third-order valence-corrected chi connectivity index (χ3v) is 4.81. The van der Waals surface area contributed by atoms with E-state index in [1.807, 2.05) is 13.0 Å². The third-order valence-electron chi connectivity index (χ3n) is 4.81. The van der Waals surface area contributed by atoms with Gasteiger partial charge >= 0.3 is 0 Å². The normalized spacial score (nSPS) is 16.6. The molecule has 0 unspecified atom stereocenters. The zero-order valence-corrected chi connectivity index (χ0v) is 16.9. The Hall–Kier alpha value is -3.91. The quantitative estimate of drug-likeness (QED) is 0.626. The third kappa shape index (κ3) is 4.19. The molecule has 1 amide bonds. The molecule has 0 bridgehead atoms. The second-order valence-corrected chi connectivity index (χ2v) is 7.03. The van der Waals surface area contributed by atoms with Crippen molar-refractivity contribution in [3.63, 3.8) is 0 Å². The van der Waals surface area contributed by atoms with Crippen LogP contribution in [0.3, 0.4) is 0 Å². The first-order chi connectivity index (χ1) is 15.0. The van der Waals surface area contributed by atoms with E-state index in [0.717, 1.165) is 0 Å². The van der Waals surface area contributed by atoms with Gasteiger partial charge in [0.25, 0.3) is 11.9 Å². The van der Waals surface area contributed by atoms with Crippen molar-refractivity contribution in [1.29, 1.82) is 5.26 Å². The Morgan fingerprint density at radius 3 is 2.74 bits per heavy atom. The van der Waals surface area contributed by atoms with Crippen LogP contribution in [0.25, 0.3) is 5.69 Å². The molecular formula is C20H19FN8O2. The summed E-state index contributed by atoms with van der Waals surface area (Å²) in [6.07, 6.45) is 2.96. The van der Waals surface area contributed by atoms with Crippen LogP contribution in [0.2, 0.25) is 0 Å². The molecule has 2 aromatic heterocycles. The number of aromatic nitrogens is 5. The van der Waals surface area contributed by atoms with Crippen LogP contribution in [0, 0.1) is 24.1 Å². The second kappa shape index (κ2) is 8.45. The van der Waals surface area contributed by atoms with Crippen LogP contribution in [0.15, 0.2) is 36.7 Å². The summed E-state index contributed by atoms with van der Waals surface area (Å²) in [5, 5.41) is 18.7. The van der Waals surface area contributed by atoms with Crippen molar-refractivity contribution in [3.05, 3.63) is 59.4 Å². The fourth-order valence-electron chi connectivity index (χ4n) is 3.30. The molecule has 31 heavy (non-hydrogen) atoms. The maximum Gasteiger partial charge on any atom is 0.256 e. The lowest BCUT2D eigenvalue weighted by atomic mass is 10.1. The van der Waals surface area contributed by atoms with E-state index in [1.165, 1.54) is 40.5 Å². The van der Waals surface area contributed by atoms with Gasteiger partial charge in [-0.2, -0.15) is 20.3 Å². The summed E-state index contributed by atoms with van der Waals surface area (Å²) in [6, 6.07) is 7.18. The molecule has 0 spiro atoms. The fourth-order valence-corrected chi connectivity index (χ4v) is 3.30. The highest BCUT2D eigenvalue weighted by Crippen LogP contribution is 2.21. The first-order valence-electron chi connectivity index (χ1n) is 9.59. The zero-order valence-electron chi connectivity index (χ0n) is 16.9. The number of carbonyl (C=O) groups is 1. The van der Waals surface area contributed by atoms with Crippen molar-refractivity contribution in [2.24, 2.45) is 0 Å². The number of benzene rings is 1. The molecule has 10 nitrogen and oxygen atoms in total. The maximum absolute atomic E-state index is 14.0. The van der Waals surface area contributed by atoms with Gasteiger partial charge in [-0.15, -0.1) is 0 Å². The van der Waals surface area contributed by atoms with Crippen molar-refractivity contribution in [3.8, 4) is 11.8 Å². The SMILES string of the molecule is Cc1cc(C#N)nc(N2CCN(C(=O)c3cc(F)ccc3-n3nccn3)[C@H](C)CO2)n1. The maximum atomic E-state index is 14.0. The summed E-state index contributed by atoms with van der Waals surface area (Å²) >= 11 is 0. The molecule has 158 valence electrons. The molecule has 1 aliphatic heterocycles. The monoisotopic (exact) mass is 422 g/mol. The number of rotatable bonds is 3. The first-order valence-corrected chi connectivity index (χ1v) is 9.59. The lowest BCUT2D eigenvalue weighted by molar-refractivity contribution is 0.0596. The topological polar surface area (TPSA) is 113 Å². The highest BCUT2D eigenvalue weighted by Gasteiger charge is 2.29. The van der Waals surface area contributed by atoms with Crippen molar-refractivity contribution in [2.45, 2.75) is 19.9 Å². The van der Waals surface area contributed by atoms with Gasteiger partial charge in [-0.05, 0) is 38.1 Å². The highest BCUT2D eigenvalue weighted by atomic mass is 19.1. The Kier molecular flexibility index (Phi) is 5.55. The number of halogens is 1. The van der Waals surface area contributed by atoms with E-state index in [9.17, 15) is 9.18 Å². The molecule has 0 saturated carbocycles. The van der Waals surface area contributed by atoms with Crippen molar-refractivity contribution >= 4 is 11.9 Å². The Labute approximate surface area is 177 Å². The molecule has 1 saturated heterocycles. The van der Waals surface area contributed by atoms with Gasteiger partial charge in [0.05, 0.1) is 42.8 Å². The largest absolute Gasteiger partial charge is 0.332 e. The molecule has 3 heterocycles. The molecule has 1 fully saturated rings. The molecule has 0 N–H and O–H groups in total. The van der Waals surface area contributed by atoms with Crippen molar-refractivity contribution in [1.82, 2.24) is 29.9 Å². The van der Waals surface area contributed by atoms with Gasteiger partial charge < -0.3 is 4.90 Å². The summed E-state index contributed by atoms with van der Waals surface area (Å²) in [5.74, 6) is -0.644. The molecule has 1 aromatic carbocycles. The minimum absolute atomic E-state index is 0.148.